The number of carbonyl (C=O) groups is 1. The molecule has 6 nitrogen and oxygen atoms in total. The van der Waals surface area contributed by atoms with Crippen molar-refractivity contribution in [2.24, 2.45) is 0 Å². The van der Waals surface area contributed by atoms with Crippen molar-refractivity contribution in [1.82, 2.24) is 4.98 Å². The molecule has 2 aromatic rings. The van der Waals surface area contributed by atoms with Gasteiger partial charge in [-0.15, -0.1) is 0 Å². The number of anilines is 1. The Balaban J connectivity index is 2.49. The third kappa shape index (κ3) is 3.64. The monoisotopic (exact) mass is 414 g/mol. The highest BCUT2D eigenvalue weighted by molar-refractivity contribution is 9.10. The van der Waals surface area contributed by atoms with Crippen LogP contribution in [-0.4, -0.2) is 26.0 Å². The van der Waals surface area contributed by atoms with Gasteiger partial charge in [0, 0.05) is 21.5 Å². The fourth-order valence-electron chi connectivity index (χ4n) is 2.46. The maximum absolute atomic E-state index is 12.8. The molecule has 0 saturated heterocycles. The van der Waals surface area contributed by atoms with E-state index in [2.05, 4.69) is 25.6 Å². The van der Waals surface area contributed by atoms with Gasteiger partial charge in [0.15, 0.2) is 0 Å². The highest BCUT2D eigenvalue weighted by Gasteiger charge is 2.30. The number of carbonyl (C=O) groups excluding carboxylic acids is 1. The number of H-pyrrole nitrogens is 1. The molecule has 0 aliphatic carbocycles. The number of nitrogens with one attached hydrogen (secondary N) is 2. The molecule has 1 aromatic carbocycles. The largest absolute Gasteiger partial charge is 0.462 e. The first kappa shape index (κ1) is 18.5. The van der Waals surface area contributed by atoms with Crippen molar-refractivity contribution >= 4 is 37.6 Å². The number of hydrogen-bond acceptors (Lipinski definition) is 4. The summed E-state index contributed by atoms with van der Waals surface area (Å²) in [5.74, 6) is -0.660. The van der Waals surface area contributed by atoms with Crippen LogP contribution >= 0.6 is 15.9 Å². The SMILES string of the molecule is CCOC(=O)c1c(C)[nH]c(C)c1S(=O)(=O)Nc1ccc(Br)c(C)c1. The second kappa shape index (κ2) is 6.98. The zero-order valence-electron chi connectivity index (χ0n) is 13.9. The minimum atomic E-state index is -3.94. The lowest BCUT2D eigenvalue weighted by Gasteiger charge is -2.11. The van der Waals surface area contributed by atoms with Gasteiger partial charge in [-0.2, -0.15) is 0 Å². The standard InChI is InChI=1S/C16H19BrN2O4S/c1-5-23-16(20)14-10(3)18-11(4)15(14)24(21,22)19-12-6-7-13(17)9(2)8-12/h6-8,18-19H,5H2,1-4H3. The molecule has 0 unspecified atom stereocenters. The van der Waals surface area contributed by atoms with Gasteiger partial charge in [-0.05, 0) is 51.5 Å². The lowest BCUT2D eigenvalue weighted by molar-refractivity contribution is 0.0521. The van der Waals surface area contributed by atoms with Crippen molar-refractivity contribution in [3.8, 4) is 0 Å². The number of aromatic nitrogens is 1. The van der Waals surface area contributed by atoms with Gasteiger partial charge >= 0.3 is 5.97 Å². The first-order valence-electron chi connectivity index (χ1n) is 7.32. The molecule has 24 heavy (non-hydrogen) atoms. The van der Waals surface area contributed by atoms with Gasteiger partial charge in [-0.1, -0.05) is 15.9 Å². The van der Waals surface area contributed by atoms with Gasteiger partial charge in [0.05, 0.1) is 6.61 Å². The molecule has 0 bridgehead atoms. The number of rotatable bonds is 5. The van der Waals surface area contributed by atoms with E-state index in [-0.39, 0.29) is 17.1 Å². The highest BCUT2D eigenvalue weighted by Crippen LogP contribution is 2.28. The number of esters is 1. The summed E-state index contributed by atoms with van der Waals surface area (Å²) in [5.41, 5.74) is 2.19. The minimum Gasteiger partial charge on any atom is -0.462 e. The summed E-state index contributed by atoms with van der Waals surface area (Å²) in [7, 11) is -3.94. The van der Waals surface area contributed by atoms with Crippen LogP contribution in [0.3, 0.4) is 0 Å². The number of aromatic amines is 1. The quantitative estimate of drug-likeness (QED) is 0.730. The predicted molar refractivity (Wildman–Crippen MR) is 95.9 cm³/mol. The zero-order valence-corrected chi connectivity index (χ0v) is 16.3. The molecule has 0 radical (unpaired) electrons. The summed E-state index contributed by atoms with van der Waals surface area (Å²) in [4.78, 5) is 15.0. The molecular weight excluding hydrogens is 396 g/mol. The van der Waals surface area contributed by atoms with Crippen molar-refractivity contribution in [1.29, 1.82) is 0 Å². The Morgan fingerprint density at radius 2 is 1.92 bits per heavy atom. The third-order valence-corrected chi connectivity index (χ3v) is 5.92. The van der Waals surface area contributed by atoms with E-state index in [1.165, 1.54) is 0 Å². The summed E-state index contributed by atoms with van der Waals surface area (Å²) in [6.07, 6.45) is 0. The molecule has 2 rings (SSSR count). The van der Waals surface area contributed by atoms with Crippen LogP contribution in [0.2, 0.25) is 0 Å². The van der Waals surface area contributed by atoms with Gasteiger partial charge in [0.1, 0.15) is 10.5 Å². The summed E-state index contributed by atoms with van der Waals surface area (Å²) in [6, 6.07) is 5.11. The summed E-state index contributed by atoms with van der Waals surface area (Å²) >= 11 is 3.37. The average molecular weight is 415 g/mol. The van der Waals surface area contributed by atoms with Crippen LogP contribution in [0.1, 0.15) is 34.2 Å². The van der Waals surface area contributed by atoms with Crippen LogP contribution < -0.4 is 4.72 Å². The van der Waals surface area contributed by atoms with Gasteiger partial charge in [0.2, 0.25) is 0 Å². The van der Waals surface area contributed by atoms with Gasteiger partial charge in [-0.25, -0.2) is 13.2 Å². The fourth-order valence-corrected chi connectivity index (χ4v) is 4.20. The van der Waals surface area contributed by atoms with E-state index in [9.17, 15) is 13.2 Å². The second-order valence-corrected chi connectivity index (χ2v) is 7.84. The normalized spacial score (nSPS) is 11.4. The Morgan fingerprint density at radius 3 is 2.50 bits per heavy atom. The van der Waals surface area contributed by atoms with E-state index in [1.54, 1.807) is 39.0 Å². The van der Waals surface area contributed by atoms with E-state index in [1.807, 2.05) is 6.92 Å². The van der Waals surface area contributed by atoms with E-state index in [0.29, 0.717) is 17.1 Å². The smallest absolute Gasteiger partial charge is 0.341 e. The topological polar surface area (TPSA) is 88.3 Å². The molecule has 1 aromatic heterocycles. The van der Waals surface area contributed by atoms with Crippen LogP contribution in [0.25, 0.3) is 0 Å². The molecule has 0 saturated carbocycles. The molecular formula is C16H19BrN2O4S. The molecule has 8 heteroatoms. The third-order valence-electron chi connectivity index (χ3n) is 3.48. The second-order valence-electron chi connectivity index (χ2n) is 5.37. The van der Waals surface area contributed by atoms with E-state index >= 15 is 0 Å². The van der Waals surface area contributed by atoms with Crippen LogP contribution in [0.15, 0.2) is 27.6 Å². The lowest BCUT2D eigenvalue weighted by atomic mass is 10.2. The molecule has 2 N–H and O–H groups in total. The molecule has 0 aliphatic rings. The molecule has 0 fully saturated rings. The van der Waals surface area contributed by atoms with Gasteiger partial charge in [0.25, 0.3) is 10.0 Å². The molecule has 0 spiro atoms. The number of ether oxygens (including phenoxy) is 1. The maximum atomic E-state index is 12.8. The predicted octanol–water partition coefficient (Wildman–Crippen LogP) is 3.68. The summed E-state index contributed by atoms with van der Waals surface area (Å²) < 4.78 is 34.0. The first-order chi connectivity index (χ1) is 11.2. The van der Waals surface area contributed by atoms with Gasteiger partial charge in [-0.3, -0.25) is 4.72 Å². The number of benzene rings is 1. The zero-order chi connectivity index (χ0) is 18.1. The summed E-state index contributed by atoms with van der Waals surface area (Å²) in [5, 5.41) is 0. The molecule has 0 aliphatic heterocycles. The van der Waals surface area contributed by atoms with E-state index in [4.69, 9.17) is 4.74 Å². The Morgan fingerprint density at radius 1 is 1.25 bits per heavy atom. The summed E-state index contributed by atoms with van der Waals surface area (Å²) in [6.45, 7) is 6.95. The Hall–Kier alpha value is -1.80. The van der Waals surface area contributed by atoms with Crippen LogP contribution in [-0.2, 0) is 14.8 Å². The number of aryl methyl sites for hydroxylation is 3. The van der Waals surface area contributed by atoms with Crippen molar-refractivity contribution in [3.05, 3.63) is 45.2 Å². The van der Waals surface area contributed by atoms with Crippen molar-refractivity contribution < 1.29 is 17.9 Å². The highest BCUT2D eigenvalue weighted by atomic mass is 79.9. The minimum absolute atomic E-state index is 0.0377. The van der Waals surface area contributed by atoms with Crippen molar-refractivity contribution in [2.45, 2.75) is 32.6 Å². The van der Waals surface area contributed by atoms with Gasteiger partial charge < -0.3 is 9.72 Å². The molecule has 1 heterocycles. The Bertz CT molecular complexity index is 888. The Kier molecular flexibility index (Phi) is 5.39. The fraction of sp³-hybridized carbons (Fsp3) is 0.312. The number of halogens is 1. The Labute approximate surface area is 149 Å². The van der Waals surface area contributed by atoms with E-state index < -0.39 is 16.0 Å². The van der Waals surface area contributed by atoms with Crippen LogP contribution in [0.5, 0.6) is 0 Å². The van der Waals surface area contributed by atoms with Crippen molar-refractivity contribution in [3.63, 3.8) is 0 Å². The molecule has 130 valence electrons. The lowest BCUT2D eigenvalue weighted by Crippen LogP contribution is -2.18. The average Bonchev–Trinajstić information content (AvgIpc) is 2.78. The maximum Gasteiger partial charge on any atom is 0.341 e. The van der Waals surface area contributed by atoms with Crippen LogP contribution in [0.4, 0.5) is 5.69 Å². The van der Waals surface area contributed by atoms with Crippen LogP contribution in [0, 0.1) is 20.8 Å². The molecule has 0 atom stereocenters. The van der Waals surface area contributed by atoms with E-state index in [0.717, 1.165) is 10.0 Å². The number of hydrogen-bond donors (Lipinski definition) is 2. The first-order valence-corrected chi connectivity index (χ1v) is 9.60. The molecule has 0 amide bonds. The number of sulfonamides is 1. The van der Waals surface area contributed by atoms with Crippen molar-refractivity contribution in [2.75, 3.05) is 11.3 Å².